The summed E-state index contributed by atoms with van der Waals surface area (Å²) in [5, 5.41) is 4.54. The first-order chi connectivity index (χ1) is 6.20. The molecule has 0 aliphatic rings. The second-order valence-electron chi connectivity index (χ2n) is 2.71. The molecule has 1 aromatic carbocycles. The number of hydrogen-bond donors (Lipinski definition) is 0. The van der Waals surface area contributed by atoms with Crippen molar-refractivity contribution in [2.75, 3.05) is 0 Å². The van der Waals surface area contributed by atoms with Crippen LogP contribution in [0.5, 0.6) is 0 Å². The normalized spacial score (nSPS) is 10.6. The molecule has 1 heterocycles. The lowest BCUT2D eigenvalue weighted by molar-refractivity contribution is 0.101. The number of hydrogen-bond acceptors (Lipinski definition) is 3. The maximum Gasteiger partial charge on any atom is 0.180 e. The molecule has 13 heavy (non-hydrogen) atoms. The lowest BCUT2D eigenvalue weighted by Gasteiger charge is -1.93. The van der Waals surface area contributed by atoms with Gasteiger partial charge in [0.2, 0.25) is 0 Å². The van der Waals surface area contributed by atoms with E-state index in [-0.39, 0.29) is 10.9 Å². The van der Waals surface area contributed by atoms with Crippen LogP contribution < -0.4 is 0 Å². The van der Waals surface area contributed by atoms with Crippen LogP contribution in [0.15, 0.2) is 22.7 Å². The molecule has 0 bridgehead atoms. The van der Waals surface area contributed by atoms with Crippen molar-refractivity contribution in [2.24, 2.45) is 0 Å². The number of nitrogens with zero attached hydrogens (tertiary/aromatic N) is 1. The molecule has 2 aromatic rings. The summed E-state index contributed by atoms with van der Waals surface area (Å²) < 4.78 is 4.94. The minimum absolute atomic E-state index is 0.0570. The molecule has 0 saturated carbocycles. The third-order valence-corrected chi connectivity index (χ3v) is 2.11. The highest BCUT2D eigenvalue weighted by Crippen LogP contribution is 2.25. The van der Waals surface area contributed by atoms with E-state index >= 15 is 0 Å². The van der Waals surface area contributed by atoms with E-state index < -0.39 is 0 Å². The van der Waals surface area contributed by atoms with Gasteiger partial charge in [-0.25, -0.2) is 0 Å². The number of aromatic nitrogens is 1. The van der Waals surface area contributed by atoms with Crippen LogP contribution in [0.2, 0.25) is 5.15 Å². The number of ketones is 1. The minimum atomic E-state index is -0.0570. The lowest BCUT2D eigenvalue weighted by atomic mass is 10.1. The monoisotopic (exact) mass is 195 g/mol. The van der Waals surface area contributed by atoms with Crippen molar-refractivity contribution in [3.63, 3.8) is 0 Å². The summed E-state index contributed by atoms with van der Waals surface area (Å²) in [4.78, 5) is 11.1. The molecular weight excluding hydrogens is 190 g/mol. The van der Waals surface area contributed by atoms with Gasteiger partial charge in [0.05, 0.1) is 10.9 Å². The fraction of sp³-hybridized carbons (Fsp3) is 0.111. The Bertz CT molecular complexity index is 475. The maximum atomic E-state index is 11.1. The maximum absolute atomic E-state index is 11.1. The van der Waals surface area contributed by atoms with Gasteiger partial charge in [0, 0.05) is 0 Å². The van der Waals surface area contributed by atoms with Gasteiger partial charge in [-0.05, 0) is 19.1 Å². The van der Waals surface area contributed by atoms with Crippen molar-refractivity contribution in [2.45, 2.75) is 6.92 Å². The number of fused-ring (bicyclic) bond motifs is 1. The van der Waals surface area contributed by atoms with Crippen molar-refractivity contribution in [1.29, 1.82) is 0 Å². The van der Waals surface area contributed by atoms with E-state index in [4.69, 9.17) is 16.1 Å². The molecule has 0 fully saturated rings. The molecule has 0 radical (unpaired) electrons. The second kappa shape index (κ2) is 2.85. The van der Waals surface area contributed by atoms with E-state index in [0.717, 1.165) is 0 Å². The molecule has 1 aromatic heterocycles. The van der Waals surface area contributed by atoms with Crippen LogP contribution in [-0.2, 0) is 0 Å². The van der Waals surface area contributed by atoms with E-state index in [2.05, 4.69) is 5.16 Å². The standard InChI is InChI=1S/C9H6ClNO2/c1-5(12)6-3-2-4-7-8(6)13-11-9(7)10/h2-4H,1H3. The van der Waals surface area contributed by atoms with Gasteiger partial charge in [-0.2, -0.15) is 0 Å². The van der Waals surface area contributed by atoms with Crippen molar-refractivity contribution < 1.29 is 9.32 Å². The van der Waals surface area contributed by atoms with Gasteiger partial charge in [-0.15, -0.1) is 0 Å². The molecule has 0 atom stereocenters. The fourth-order valence-corrected chi connectivity index (χ4v) is 1.39. The van der Waals surface area contributed by atoms with Gasteiger partial charge in [0.1, 0.15) is 0 Å². The Morgan fingerprint density at radius 2 is 2.31 bits per heavy atom. The first kappa shape index (κ1) is 8.26. The molecule has 0 N–H and O–H groups in total. The van der Waals surface area contributed by atoms with Crippen LogP contribution in [-0.4, -0.2) is 10.9 Å². The molecule has 0 unspecified atom stereocenters. The Balaban J connectivity index is 2.84. The minimum Gasteiger partial charge on any atom is -0.354 e. The molecular formula is C9H6ClNO2. The molecule has 4 heteroatoms. The zero-order valence-corrected chi connectivity index (χ0v) is 7.63. The Labute approximate surface area is 79.3 Å². The summed E-state index contributed by atoms with van der Waals surface area (Å²) >= 11 is 5.73. The highest BCUT2D eigenvalue weighted by Gasteiger charge is 2.12. The van der Waals surface area contributed by atoms with Crippen LogP contribution in [0.1, 0.15) is 17.3 Å². The highest BCUT2D eigenvalue weighted by atomic mass is 35.5. The number of carbonyl (C=O) groups is 1. The molecule has 3 nitrogen and oxygen atoms in total. The number of para-hydroxylation sites is 1. The number of carbonyl (C=O) groups excluding carboxylic acids is 1. The predicted molar refractivity (Wildman–Crippen MR) is 49.0 cm³/mol. The largest absolute Gasteiger partial charge is 0.354 e. The van der Waals surface area contributed by atoms with Crippen molar-refractivity contribution in [3.8, 4) is 0 Å². The van der Waals surface area contributed by atoms with E-state index in [1.165, 1.54) is 6.92 Å². The molecule has 66 valence electrons. The van der Waals surface area contributed by atoms with Gasteiger partial charge in [-0.1, -0.05) is 22.8 Å². The highest BCUT2D eigenvalue weighted by molar-refractivity contribution is 6.34. The number of rotatable bonds is 1. The summed E-state index contributed by atoms with van der Waals surface area (Å²) in [5.74, 6) is -0.0570. The van der Waals surface area contributed by atoms with Crippen LogP contribution >= 0.6 is 11.6 Å². The first-order valence-electron chi connectivity index (χ1n) is 3.75. The Hall–Kier alpha value is -1.35. The lowest BCUT2D eigenvalue weighted by Crippen LogP contribution is -1.91. The summed E-state index contributed by atoms with van der Waals surface area (Å²) in [6.45, 7) is 1.48. The summed E-state index contributed by atoms with van der Waals surface area (Å²) in [6, 6.07) is 5.20. The summed E-state index contributed by atoms with van der Waals surface area (Å²) in [6.07, 6.45) is 0. The molecule has 2 rings (SSSR count). The van der Waals surface area contributed by atoms with Crippen molar-refractivity contribution in [3.05, 3.63) is 28.9 Å². The second-order valence-corrected chi connectivity index (χ2v) is 3.07. The third-order valence-electron chi connectivity index (χ3n) is 1.83. The Kier molecular flexibility index (Phi) is 1.81. The van der Waals surface area contributed by atoms with Crippen LogP contribution in [0, 0.1) is 0 Å². The molecule has 0 amide bonds. The molecule has 0 spiro atoms. The molecule has 0 aliphatic heterocycles. The first-order valence-corrected chi connectivity index (χ1v) is 4.13. The van der Waals surface area contributed by atoms with Crippen molar-refractivity contribution >= 4 is 28.4 Å². The van der Waals surface area contributed by atoms with Crippen molar-refractivity contribution in [1.82, 2.24) is 5.16 Å². The van der Waals surface area contributed by atoms with E-state index in [1.54, 1.807) is 18.2 Å². The predicted octanol–water partition coefficient (Wildman–Crippen LogP) is 2.68. The topological polar surface area (TPSA) is 43.1 Å². The number of halogens is 1. The Morgan fingerprint density at radius 3 is 3.00 bits per heavy atom. The zero-order chi connectivity index (χ0) is 9.42. The average Bonchev–Trinajstić information content (AvgIpc) is 2.48. The summed E-state index contributed by atoms with van der Waals surface area (Å²) in [5.41, 5.74) is 0.969. The number of benzene rings is 1. The average molecular weight is 196 g/mol. The van der Waals surface area contributed by atoms with Crippen LogP contribution in [0.3, 0.4) is 0 Å². The van der Waals surface area contributed by atoms with E-state index in [0.29, 0.717) is 16.5 Å². The third kappa shape index (κ3) is 1.21. The van der Waals surface area contributed by atoms with E-state index in [9.17, 15) is 4.79 Å². The van der Waals surface area contributed by atoms with Gasteiger partial charge >= 0.3 is 0 Å². The van der Waals surface area contributed by atoms with Gasteiger partial charge < -0.3 is 4.52 Å². The van der Waals surface area contributed by atoms with Crippen LogP contribution in [0.4, 0.5) is 0 Å². The Morgan fingerprint density at radius 1 is 1.54 bits per heavy atom. The van der Waals surface area contributed by atoms with E-state index in [1.807, 2.05) is 0 Å². The number of Topliss-reactive ketones (excluding diaryl/α,β-unsaturated/α-hetero) is 1. The zero-order valence-electron chi connectivity index (χ0n) is 6.87. The van der Waals surface area contributed by atoms with Gasteiger partial charge in [0.25, 0.3) is 0 Å². The fourth-order valence-electron chi connectivity index (χ4n) is 1.21. The summed E-state index contributed by atoms with van der Waals surface area (Å²) in [7, 11) is 0. The van der Waals surface area contributed by atoms with Gasteiger partial charge in [-0.3, -0.25) is 4.79 Å². The van der Waals surface area contributed by atoms with Crippen LogP contribution in [0.25, 0.3) is 11.0 Å². The quantitative estimate of drug-likeness (QED) is 0.657. The molecule has 0 saturated heterocycles. The molecule has 0 aliphatic carbocycles. The SMILES string of the molecule is CC(=O)c1cccc2c(Cl)noc12. The van der Waals surface area contributed by atoms with Gasteiger partial charge in [0.15, 0.2) is 16.5 Å². The smallest absolute Gasteiger partial charge is 0.180 e.